The van der Waals surface area contributed by atoms with Gasteiger partial charge in [-0.05, 0) is 72.1 Å². The molecule has 0 aliphatic carbocycles. The highest BCUT2D eigenvalue weighted by atomic mass is 32.2. The SMILES string of the molecule is COC(=O)c1cc(-c2cccnc2)cc(C)c1N(Cc1cccnc1)S(=O)(=O)c1ccc(OC)cc1. The van der Waals surface area contributed by atoms with Crippen molar-refractivity contribution < 1.29 is 22.7 Å². The van der Waals surface area contributed by atoms with Gasteiger partial charge in [-0.1, -0.05) is 12.1 Å². The van der Waals surface area contributed by atoms with Gasteiger partial charge in [0.25, 0.3) is 10.0 Å². The number of hydrogen-bond acceptors (Lipinski definition) is 7. The molecular formula is C27H25N3O5S. The normalized spacial score (nSPS) is 11.1. The lowest BCUT2D eigenvalue weighted by Gasteiger charge is -2.28. The maximum Gasteiger partial charge on any atom is 0.340 e. The minimum Gasteiger partial charge on any atom is -0.497 e. The van der Waals surface area contributed by atoms with Gasteiger partial charge in [0, 0.05) is 30.4 Å². The molecule has 184 valence electrons. The summed E-state index contributed by atoms with van der Waals surface area (Å²) in [5, 5.41) is 0. The molecule has 2 aromatic carbocycles. The van der Waals surface area contributed by atoms with E-state index in [2.05, 4.69) is 9.97 Å². The van der Waals surface area contributed by atoms with Crippen LogP contribution in [0.1, 0.15) is 21.5 Å². The Hall–Kier alpha value is -4.24. The molecule has 36 heavy (non-hydrogen) atoms. The van der Waals surface area contributed by atoms with Crippen LogP contribution in [0.4, 0.5) is 5.69 Å². The predicted molar refractivity (Wildman–Crippen MR) is 136 cm³/mol. The van der Waals surface area contributed by atoms with E-state index in [1.54, 1.807) is 68.1 Å². The molecular weight excluding hydrogens is 478 g/mol. The third-order valence-corrected chi connectivity index (χ3v) is 7.41. The van der Waals surface area contributed by atoms with Crippen LogP contribution in [0.15, 0.2) is 90.3 Å². The van der Waals surface area contributed by atoms with Crippen LogP contribution in [0, 0.1) is 6.92 Å². The molecule has 0 N–H and O–H groups in total. The van der Waals surface area contributed by atoms with Crippen LogP contribution in [-0.4, -0.2) is 38.6 Å². The molecule has 0 amide bonds. The molecule has 0 saturated carbocycles. The summed E-state index contributed by atoms with van der Waals surface area (Å²) in [7, 11) is -1.34. The second-order valence-electron chi connectivity index (χ2n) is 7.97. The van der Waals surface area contributed by atoms with Gasteiger partial charge < -0.3 is 9.47 Å². The average molecular weight is 504 g/mol. The maximum atomic E-state index is 14.0. The largest absolute Gasteiger partial charge is 0.497 e. The lowest BCUT2D eigenvalue weighted by molar-refractivity contribution is 0.0601. The Bertz CT molecular complexity index is 1460. The number of methoxy groups -OCH3 is 2. The predicted octanol–water partition coefficient (Wildman–Crippen LogP) is 4.64. The van der Waals surface area contributed by atoms with Crippen molar-refractivity contribution in [2.45, 2.75) is 18.4 Å². The van der Waals surface area contributed by atoms with Gasteiger partial charge in [0.2, 0.25) is 0 Å². The van der Waals surface area contributed by atoms with Crippen LogP contribution in [0.3, 0.4) is 0 Å². The third kappa shape index (κ3) is 5.06. The molecule has 0 saturated heterocycles. The van der Waals surface area contributed by atoms with Gasteiger partial charge in [0.1, 0.15) is 5.75 Å². The Morgan fingerprint density at radius 1 is 0.917 bits per heavy atom. The number of carbonyl (C=O) groups is 1. The van der Waals surface area contributed by atoms with E-state index in [9.17, 15) is 13.2 Å². The molecule has 0 aliphatic rings. The van der Waals surface area contributed by atoms with Crippen molar-refractivity contribution in [1.29, 1.82) is 0 Å². The topological polar surface area (TPSA) is 98.7 Å². The zero-order chi connectivity index (χ0) is 25.7. The van der Waals surface area contributed by atoms with E-state index in [0.717, 1.165) is 5.56 Å². The number of anilines is 1. The van der Waals surface area contributed by atoms with E-state index in [4.69, 9.17) is 9.47 Å². The van der Waals surface area contributed by atoms with Crippen LogP contribution >= 0.6 is 0 Å². The van der Waals surface area contributed by atoms with E-state index in [0.29, 0.717) is 22.4 Å². The van der Waals surface area contributed by atoms with Crippen molar-refractivity contribution >= 4 is 21.7 Å². The van der Waals surface area contributed by atoms with Gasteiger partial charge in [0.15, 0.2) is 0 Å². The molecule has 2 heterocycles. The van der Waals surface area contributed by atoms with Gasteiger partial charge in [-0.2, -0.15) is 0 Å². The highest BCUT2D eigenvalue weighted by molar-refractivity contribution is 7.92. The summed E-state index contributed by atoms with van der Waals surface area (Å²) < 4.78 is 39.5. The number of aromatic nitrogens is 2. The molecule has 0 atom stereocenters. The molecule has 4 aromatic rings. The quantitative estimate of drug-likeness (QED) is 0.323. The van der Waals surface area contributed by atoms with Crippen LogP contribution in [0.5, 0.6) is 5.75 Å². The van der Waals surface area contributed by atoms with Crippen molar-refractivity contribution in [1.82, 2.24) is 9.97 Å². The van der Waals surface area contributed by atoms with Crippen molar-refractivity contribution in [2.24, 2.45) is 0 Å². The van der Waals surface area contributed by atoms with E-state index in [1.165, 1.54) is 30.7 Å². The first-order valence-corrected chi connectivity index (χ1v) is 12.5. The van der Waals surface area contributed by atoms with Crippen LogP contribution in [-0.2, 0) is 21.3 Å². The van der Waals surface area contributed by atoms with Crippen molar-refractivity contribution in [3.8, 4) is 16.9 Å². The first-order valence-electron chi connectivity index (χ1n) is 11.0. The number of esters is 1. The smallest absolute Gasteiger partial charge is 0.340 e. The van der Waals surface area contributed by atoms with Crippen molar-refractivity contribution in [3.63, 3.8) is 0 Å². The van der Waals surface area contributed by atoms with E-state index >= 15 is 0 Å². The van der Waals surface area contributed by atoms with E-state index < -0.39 is 16.0 Å². The molecule has 4 rings (SSSR count). The minimum atomic E-state index is -4.11. The Labute approximate surface area is 210 Å². The summed E-state index contributed by atoms with van der Waals surface area (Å²) in [6.45, 7) is 1.72. The fraction of sp³-hybridized carbons (Fsp3) is 0.148. The standard InChI is InChI=1S/C27H25N3O5S/c1-19-14-22(21-7-5-13-29-17-21)15-25(27(31)35-3)26(19)30(18-20-6-4-12-28-16-20)36(32,33)24-10-8-23(34-2)9-11-24/h4-17H,18H2,1-3H3. The van der Waals surface area contributed by atoms with Crippen molar-refractivity contribution in [2.75, 3.05) is 18.5 Å². The van der Waals surface area contributed by atoms with Crippen molar-refractivity contribution in [3.05, 3.63) is 102 Å². The first kappa shape index (κ1) is 24.9. The minimum absolute atomic E-state index is 0.0424. The average Bonchev–Trinajstić information content (AvgIpc) is 2.92. The Morgan fingerprint density at radius 3 is 2.19 bits per heavy atom. The van der Waals surface area contributed by atoms with Gasteiger partial charge in [-0.3, -0.25) is 14.3 Å². The molecule has 0 radical (unpaired) electrons. The number of nitrogens with zero attached hydrogens (tertiary/aromatic N) is 3. The fourth-order valence-electron chi connectivity index (χ4n) is 3.89. The highest BCUT2D eigenvalue weighted by Gasteiger charge is 2.31. The fourth-order valence-corrected chi connectivity index (χ4v) is 5.43. The second kappa shape index (κ2) is 10.6. The van der Waals surface area contributed by atoms with Gasteiger partial charge in [0.05, 0.1) is 36.9 Å². The number of sulfonamides is 1. The zero-order valence-electron chi connectivity index (χ0n) is 20.1. The number of rotatable bonds is 8. The highest BCUT2D eigenvalue weighted by Crippen LogP contribution is 2.36. The summed E-state index contributed by atoms with van der Waals surface area (Å²) in [5.41, 5.74) is 3.09. The molecule has 2 aromatic heterocycles. The summed E-state index contributed by atoms with van der Waals surface area (Å²) in [5.74, 6) is -0.125. The first-order chi connectivity index (χ1) is 17.3. The number of benzene rings is 2. The number of pyridine rings is 2. The number of aryl methyl sites for hydroxylation is 1. The summed E-state index contributed by atoms with van der Waals surface area (Å²) in [6.07, 6.45) is 6.54. The number of hydrogen-bond donors (Lipinski definition) is 0. The summed E-state index contributed by atoms with van der Waals surface area (Å²) >= 11 is 0. The van der Waals surface area contributed by atoms with Crippen LogP contribution < -0.4 is 9.04 Å². The van der Waals surface area contributed by atoms with Gasteiger partial charge >= 0.3 is 5.97 Å². The molecule has 8 nitrogen and oxygen atoms in total. The van der Waals surface area contributed by atoms with E-state index in [1.807, 2.05) is 12.1 Å². The number of carbonyl (C=O) groups excluding carboxylic acids is 1. The van der Waals surface area contributed by atoms with Crippen LogP contribution in [0.2, 0.25) is 0 Å². The summed E-state index contributed by atoms with van der Waals surface area (Å²) in [6, 6.07) is 16.7. The number of ether oxygens (including phenoxy) is 2. The molecule has 0 bridgehead atoms. The van der Waals surface area contributed by atoms with Crippen LogP contribution in [0.25, 0.3) is 11.1 Å². The third-order valence-electron chi connectivity index (χ3n) is 5.65. The molecule has 0 unspecified atom stereocenters. The molecule has 0 aliphatic heterocycles. The monoisotopic (exact) mass is 503 g/mol. The van der Waals surface area contributed by atoms with Gasteiger partial charge in [-0.25, -0.2) is 13.2 Å². The zero-order valence-corrected chi connectivity index (χ0v) is 20.9. The van der Waals surface area contributed by atoms with Gasteiger partial charge in [-0.15, -0.1) is 0 Å². The Balaban J connectivity index is 1.94. The second-order valence-corrected chi connectivity index (χ2v) is 9.83. The Morgan fingerprint density at radius 2 is 1.61 bits per heavy atom. The summed E-state index contributed by atoms with van der Waals surface area (Å²) in [4.78, 5) is 21.3. The Kier molecular flexibility index (Phi) is 7.30. The lowest BCUT2D eigenvalue weighted by Crippen LogP contribution is -2.33. The van der Waals surface area contributed by atoms with E-state index in [-0.39, 0.29) is 22.7 Å². The molecule has 0 spiro atoms. The molecule has 9 heteroatoms. The maximum absolute atomic E-state index is 14.0. The lowest BCUT2D eigenvalue weighted by atomic mass is 9.99. The molecule has 0 fully saturated rings.